The number of imidazole rings is 1. The predicted octanol–water partition coefficient (Wildman–Crippen LogP) is 4.54. The minimum absolute atomic E-state index is 0.128. The molecular weight excluding hydrogens is 413 g/mol. The lowest BCUT2D eigenvalue weighted by Crippen LogP contribution is -2.44. The summed E-state index contributed by atoms with van der Waals surface area (Å²) < 4.78 is 15.9. The van der Waals surface area contributed by atoms with E-state index in [1.807, 2.05) is 30.3 Å². The van der Waals surface area contributed by atoms with E-state index in [-0.39, 0.29) is 5.02 Å². The molecule has 0 radical (unpaired) electrons. The summed E-state index contributed by atoms with van der Waals surface area (Å²) in [5, 5.41) is 3.52. The zero-order chi connectivity index (χ0) is 21.4. The maximum Gasteiger partial charge on any atom is 0.206 e. The number of nitrogens with two attached hydrogens (primary N) is 1. The summed E-state index contributed by atoms with van der Waals surface area (Å²) in [6, 6.07) is 18.9. The smallest absolute Gasteiger partial charge is 0.206 e. The Bertz CT molecular complexity index is 1250. The zero-order valence-electron chi connectivity index (χ0n) is 17.0. The second kappa shape index (κ2) is 8.21. The van der Waals surface area contributed by atoms with E-state index in [0.717, 1.165) is 65.5 Å². The van der Waals surface area contributed by atoms with Crippen LogP contribution in [-0.2, 0) is 6.54 Å². The highest BCUT2D eigenvalue weighted by molar-refractivity contribution is 6.30. The molecule has 7 heteroatoms. The number of hydrogen-bond acceptors (Lipinski definition) is 4. The molecule has 3 N–H and O–H groups in total. The Morgan fingerprint density at radius 1 is 1.00 bits per heavy atom. The van der Waals surface area contributed by atoms with Gasteiger partial charge in [0.15, 0.2) is 0 Å². The lowest BCUT2D eigenvalue weighted by molar-refractivity contribution is 0.571. The van der Waals surface area contributed by atoms with Crippen LogP contribution in [0.25, 0.3) is 22.2 Å². The van der Waals surface area contributed by atoms with Crippen LogP contribution >= 0.6 is 11.6 Å². The number of benzene rings is 3. The molecule has 5 rings (SSSR count). The average Bonchev–Trinajstić information content (AvgIpc) is 3.16. The van der Waals surface area contributed by atoms with Gasteiger partial charge in [-0.15, -0.1) is 0 Å². The number of rotatable bonds is 4. The van der Waals surface area contributed by atoms with Crippen molar-refractivity contribution >= 4 is 34.3 Å². The van der Waals surface area contributed by atoms with Gasteiger partial charge >= 0.3 is 0 Å². The fourth-order valence-electron chi connectivity index (χ4n) is 4.18. The number of piperazine rings is 1. The van der Waals surface area contributed by atoms with E-state index in [9.17, 15) is 4.39 Å². The van der Waals surface area contributed by atoms with Crippen LogP contribution in [-0.4, -0.2) is 35.7 Å². The summed E-state index contributed by atoms with van der Waals surface area (Å²) >= 11 is 6.05. The zero-order valence-corrected chi connectivity index (χ0v) is 17.7. The SMILES string of the molecule is Nc1ccccc1-c1cccc2c1nc(N1CCNCC1)n2Cc1ccc(F)c(Cl)c1. The van der Waals surface area contributed by atoms with E-state index < -0.39 is 5.82 Å². The minimum atomic E-state index is -0.412. The molecule has 1 aromatic heterocycles. The van der Waals surface area contributed by atoms with E-state index in [0.29, 0.717) is 6.54 Å². The van der Waals surface area contributed by atoms with Crippen molar-refractivity contribution in [2.24, 2.45) is 0 Å². The van der Waals surface area contributed by atoms with E-state index in [2.05, 4.69) is 26.9 Å². The quantitative estimate of drug-likeness (QED) is 0.462. The molecule has 0 unspecified atom stereocenters. The van der Waals surface area contributed by atoms with E-state index in [1.54, 1.807) is 12.1 Å². The Hall–Kier alpha value is -3.09. The Balaban J connectivity index is 1.69. The molecule has 0 atom stereocenters. The van der Waals surface area contributed by atoms with Gasteiger partial charge in [-0.05, 0) is 29.8 Å². The molecule has 0 saturated carbocycles. The number of anilines is 2. The summed E-state index contributed by atoms with van der Waals surface area (Å²) in [5.41, 5.74) is 11.8. The molecular formula is C24H23ClFN5. The van der Waals surface area contributed by atoms with Crippen LogP contribution < -0.4 is 16.0 Å². The fourth-order valence-corrected chi connectivity index (χ4v) is 4.38. The summed E-state index contributed by atoms with van der Waals surface area (Å²) in [6.45, 7) is 4.10. The second-order valence-corrected chi connectivity index (χ2v) is 8.15. The molecule has 158 valence electrons. The molecule has 1 saturated heterocycles. The van der Waals surface area contributed by atoms with Crippen molar-refractivity contribution in [3.05, 3.63) is 77.1 Å². The van der Waals surface area contributed by atoms with Gasteiger partial charge in [-0.1, -0.05) is 48.0 Å². The Kier molecular flexibility index (Phi) is 5.26. The molecule has 0 aliphatic carbocycles. The van der Waals surface area contributed by atoms with Gasteiger partial charge < -0.3 is 20.5 Å². The summed E-state index contributed by atoms with van der Waals surface area (Å²) in [6.07, 6.45) is 0. The van der Waals surface area contributed by atoms with Gasteiger partial charge in [0.2, 0.25) is 5.95 Å². The average molecular weight is 436 g/mol. The molecule has 4 aromatic rings. The number of hydrogen-bond donors (Lipinski definition) is 2. The van der Waals surface area contributed by atoms with Crippen LogP contribution in [0.4, 0.5) is 16.0 Å². The molecule has 1 fully saturated rings. The summed E-state index contributed by atoms with van der Waals surface area (Å²) in [5.74, 6) is 0.490. The van der Waals surface area contributed by atoms with Gasteiger partial charge in [0.1, 0.15) is 5.82 Å². The molecule has 0 spiro atoms. The van der Waals surface area contributed by atoms with Crippen molar-refractivity contribution in [1.29, 1.82) is 0 Å². The first-order chi connectivity index (χ1) is 15.1. The highest BCUT2D eigenvalue weighted by Crippen LogP contribution is 2.35. The first kappa shape index (κ1) is 19.8. The summed E-state index contributed by atoms with van der Waals surface area (Å²) in [4.78, 5) is 7.38. The third-order valence-corrected chi connectivity index (χ3v) is 6.02. The van der Waals surface area contributed by atoms with Crippen LogP contribution in [0.5, 0.6) is 0 Å². The molecule has 1 aliphatic heterocycles. The number of fused-ring (bicyclic) bond motifs is 1. The molecule has 1 aliphatic rings. The van der Waals surface area contributed by atoms with Gasteiger partial charge in [0.25, 0.3) is 0 Å². The maximum atomic E-state index is 13.7. The standard InChI is InChI=1S/C24H23ClFN5/c25-19-14-16(8-9-20(19)26)15-31-22-7-3-5-18(17-4-1-2-6-21(17)27)23(22)29-24(31)30-12-10-28-11-13-30/h1-9,14,28H,10-13,15,27H2. The van der Waals surface area contributed by atoms with Crippen molar-refractivity contribution in [2.45, 2.75) is 6.54 Å². The first-order valence-electron chi connectivity index (χ1n) is 10.4. The van der Waals surface area contributed by atoms with Crippen molar-refractivity contribution in [1.82, 2.24) is 14.9 Å². The van der Waals surface area contributed by atoms with Crippen molar-refractivity contribution in [3.63, 3.8) is 0 Å². The monoisotopic (exact) mass is 435 g/mol. The number of nitrogens with zero attached hydrogens (tertiary/aromatic N) is 3. The third kappa shape index (κ3) is 3.73. The number of para-hydroxylation sites is 2. The molecule has 0 amide bonds. The van der Waals surface area contributed by atoms with Gasteiger partial charge in [0.05, 0.1) is 22.6 Å². The first-order valence-corrected chi connectivity index (χ1v) is 10.7. The molecule has 2 heterocycles. The Labute approximate surface area is 185 Å². The van der Waals surface area contributed by atoms with Crippen LogP contribution in [0.1, 0.15) is 5.56 Å². The van der Waals surface area contributed by atoms with Crippen molar-refractivity contribution < 1.29 is 4.39 Å². The highest BCUT2D eigenvalue weighted by atomic mass is 35.5. The Morgan fingerprint density at radius 2 is 1.77 bits per heavy atom. The molecule has 31 heavy (non-hydrogen) atoms. The second-order valence-electron chi connectivity index (χ2n) is 7.74. The number of nitrogen functional groups attached to an aromatic ring is 1. The van der Waals surface area contributed by atoms with Gasteiger partial charge in [-0.2, -0.15) is 0 Å². The van der Waals surface area contributed by atoms with Crippen molar-refractivity contribution in [2.75, 3.05) is 36.8 Å². The maximum absolute atomic E-state index is 13.7. The topological polar surface area (TPSA) is 59.1 Å². The van der Waals surface area contributed by atoms with Gasteiger partial charge in [0, 0.05) is 43.0 Å². The number of halogens is 2. The summed E-state index contributed by atoms with van der Waals surface area (Å²) in [7, 11) is 0. The van der Waals surface area contributed by atoms with E-state index in [1.165, 1.54) is 6.07 Å². The van der Waals surface area contributed by atoms with Crippen molar-refractivity contribution in [3.8, 4) is 11.1 Å². The van der Waals surface area contributed by atoms with Gasteiger partial charge in [-0.3, -0.25) is 0 Å². The van der Waals surface area contributed by atoms with E-state index in [4.69, 9.17) is 22.3 Å². The lowest BCUT2D eigenvalue weighted by atomic mass is 10.0. The van der Waals surface area contributed by atoms with Crippen LogP contribution in [0.3, 0.4) is 0 Å². The molecule has 0 bridgehead atoms. The Morgan fingerprint density at radius 3 is 2.55 bits per heavy atom. The highest BCUT2D eigenvalue weighted by Gasteiger charge is 2.21. The molecule has 5 nitrogen and oxygen atoms in total. The molecule has 3 aromatic carbocycles. The largest absolute Gasteiger partial charge is 0.398 e. The normalized spacial score (nSPS) is 14.3. The van der Waals surface area contributed by atoms with Crippen LogP contribution in [0, 0.1) is 5.82 Å². The number of aromatic nitrogens is 2. The third-order valence-electron chi connectivity index (χ3n) is 5.73. The van der Waals surface area contributed by atoms with Crippen LogP contribution in [0.2, 0.25) is 5.02 Å². The minimum Gasteiger partial charge on any atom is -0.398 e. The van der Waals surface area contributed by atoms with Gasteiger partial charge in [-0.25, -0.2) is 9.37 Å². The lowest BCUT2D eigenvalue weighted by Gasteiger charge is -2.29. The fraction of sp³-hybridized carbons (Fsp3) is 0.208. The van der Waals surface area contributed by atoms with Crippen LogP contribution in [0.15, 0.2) is 60.7 Å². The predicted molar refractivity (Wildman–Crippen MR) is 125 cm³/mol. The van der Waals surface area contributed by atoms with E-state index >= 15 is 0 Å². The number of nitrogens with one attached hydrogen (secondary N) is 1.